The van der Waals surface area contributed by atoms with E-state index >= 15 is 0 Å². The molecule has 1 aromatic carbocycles. The lowest BCUT2D eigenvalue weighted by Gasteiger charge is -2.34. The fraction of sp³-hybridized carbons (Fsp3) is 0.533. The molecular formula is C15H19F3N2O2. The Morgan fingerprint density at radius 1 is 1.14 bits per heavy atom. The van der Waals surface area contributed by atoms with Gasteiger partial charge in [-0.1, -0.05) is 19.1 Å². The van der Waals surface area contributed by atoms with Crippen LogP contribution in [0.3, 0.4) is 0 Å². The number of ether oxygens (including phenoxy) is 1. The summed E-state index contributed by atoms with van der Waals surface area (Å²) in [6.45, 7) is 6.18. The number of halogens is 3. The molecule has 1 amide bonds. The summed E-state index contributed by atoms with van der Waals surface area (Å²) >= 11 is 0. The number of hydrogen-bond donors (Lipinski definition) is 0. The van der Waals surface area contributed by atoms with E-state index in [0.717, 1.165) is 19.6 Å². The Labute approximate surface area is 127 Å². The van der Waals surface area contributed by atoms with Gasteiger partial charge >= 0.3 is 6.36 Å². The van der Waals surface area contributed by atoms with E-state index in [1.165, 1.54) is 24.3 Å². The van der Waals surface area contributed by atoms with Crippen molar-refractivity contribution in [2.75, 3.05) is 32.7 Å². The van der Waals surface area contributed by atoms with Crippen molar-refractivity contribution in [2.24, 2.45) is 0 Å². The fourth-order valence-corrected chi connectivity index (χ4v) is 2.41. The molecule has 2 rings (SSSR count). The first-order valence-electron chi connectivity index (χ1n) is 7.22. The van der Waals surface area contributed by atoms with Crippen LogP contribution in [-0.2, 0) is 11.2 Å². The summed E-state index contributed by atoms with van der Waals surface area (Å²) in [6.07, 6.45) is -4.51. The minimum Gasteiger partial charge on any atom is -0.406 e. The first-order valence-corrected chi connectivity index (χ1v) is 7.22. The van der Waals surface area contributed by atoms with Crippen molar-refractivity contribution in [2.45, 2.75) is 19.7 Å². The molecule has 0 unspecified atom stereocenters. The second-order valence-corrected chi connectivity index (χ2v) is 5.18. The van der Waals surface area contributed by atoms with Crippen LogP contribution in [-0.4, -0.2) is 54.8 Å². The number of nitrogens with zero attached hydrogens (tertiary/aromatic N) is 2. The van der Waals surface area contributed by atoms with Gasteiger partial charge in [-0.2, -0.15) is 0 Å². The summed E-state index contributed by atoms with van der Waals surface area (Å²) in [5.74, 6) is -0.277. The van der Waals surface area contributed by atoms with Crippen LogP contribution in [0.2, 0.25) is 0 Å². The van der Waals surface area contributed by atoms with E-state index in [1.807, 2.05) is 0 Å². The SMILES string of the molecule is CCN1CCN(C(=O)Cc2ccc(OC(F)(F)F)cc2)CC1. The predicted octanol–water partition coefficient (Wildman–Crippen LogP) is 2.29. The summed E-state index contributed by atoms with van der Waals surface area (Å²) in [5.41, 5.74) is 0.678. The average Bonchev–Trinajstić information content (AvgIpc) is 2.48. The number of rotatable bonds is 4. The Balaban J connectivity index is 1.87. The number of carbonyl (C=O) groups excluding carboxylic acids is 1. The number of hydrogen-bond acceptors (Lipinski definition) is 3. The van der Waals surface area contributed by atoms with Crippen LogP contribution in [0.25, 0.3) is 0 Å². The van der Waals surface area contributed by atoms with Crippen LogP contribution in [0.4, 0.5) is 13.2 Å². The number of amides is 1. The average molecular weight is 316 g/mol. The van der Waals surface area contributed by atoms with Crippen molar-refractivity contribution in [3.05, 3.63) is 29.8 Å². The standard InChI is InChI=1S/C15H19F3N2O2/c1-2-19-7-9-20(10-8-19)14(21)11-12-3-5-13(6-4-12)22-15(16,17)18/h3-6H,2,7-11H2,1H3. The molecule has 0 N–H and O–H groups in total. The van der Waals surface area contributed by atoms with Crippen molar-refractivity contribution in [3.8, 4) is 5.75 Å². The van der Waals surface area contributed by atoms with Gasteiger partial charge in [-0.15, -0.1) is 13.2 Å². The van der Waals surface area contributed by atoms with E-state index < -0.39 is 6.36 Å². The molecule has 1 saturated heterocycles. The lowest BCUT2D eigenvalue weighted by atomic mass is 10.1. The van der Waals surface area contributed by atoms with Gasteiger partial charge in [-0.25, -0.2) is 0 Å². The zero-order valence-electron chi connectivity index (χ0n) is 12.4. The van der Waals surface area contributed by atoms with Crippen molar-refractivity contribution in [3.63, 3.8) is 0 Å². The summed E-state index contributed by atoms with van der Waals surface area (Å²) in [5, 5.41) is 0. The number of likely N-dealkylation sites (N-methyl/N-ethyl adjacent to an activating group) is 1. The zero-order chi connectivity index (χ0) is 16.2. The highest BCUT2D eigenvalue weighted by Gasteiger charge is 2.31. The Kier molecular flexibility index (Phi) is 5.28. The van der Waals surface area contributed by atoms with Gasteiger partial charge < -0.3 is 14.5 Å². The summed E-state index contributed by atoms with van der Waals surface area (Å²) in [4.78, 5) is 16.2. The molecule has 0 spiro atoms. The smallest absolute Gasteiger partial charge is 0.406 e. The number of piperazine rings is 1. The van der Waals surface area contributed by atoms with Crippen molar-refractivity contribution >= 4 is 5.91 Å². The molecule has 22 heavy (non-hydrogen) atoms. The van der Waals surface area contributed by atoms with E-state index in [1.54, 1.807) is 4.90 Å². The first kappa shape index (κ1) is 16.6. The fourth-order valence-electron chi connectivity index (χ4n) is 2.41. The monoisotopic (exact) mass is 316 g/mol. The number of carbonyl (C=O) groups is 1. The minimum atomic E-state index is -4.70. The van der Waals surface area contributed by atoms with Gasteiger partial charge in [0, 0.05) is 26.2 Å². The Hall–Kier alpha value is -1.76. The van der Waals surface area contributed by atoms with E-state index in [9.17, 15) is 18.0 Å². The normalized spacial score (nSPS) is 16.6. The second kappa shape index (κ2) is 7.00. The third-order valence-corrected chi connectivity index (χ3v) is 3.68. The van der Waals surface area contributed by atoms with Crippen molar-refractivity contribution in [1.29, 1.82) is 0 Å². The van der Waals surface area contributed by atoms with Gasteiger partial charge in [0.25, 0.3) is 0 Å². The highest BCUT2D eigenvalue weighted by molar-refractivity contribution is 5.78. The summed E-state index contributed by atoms with van der Waals surface area (Å²) < 4.78 is 40.0. The van der Waals surface area contributed by atoms with E-state index in [4.69, 9.17) is 0 Å². The molecule has 122 valence electrons. The van der Waals surface area contributed by atoms with Gasteiger partial charge in [-0.05, 0) is 24.2 Å². The molecule has 4 nitrogen and oxygen atoms in total. The third-order valence-electron chi connectivity index (χ3n) is 3.68. The molecule has 1 aliphatic rings. The second-order valence-electron chi connectivity index (χ2n) is 5.18. The maximum absolute atomic E-state index is 12.2. The first-order chi connectivity index (χ1) is 10.4. The quantitative estimate of drug-likeness (QED) is 0.854. The topological polar surface area (TPSA) is 32.8 Å². The molecule has 1 aliphatic heterocycles. The van der Waals surface area contributed by atoms with Crippen LogP contribution >= 0.6 is 0 Å². The van der Waals surface area contributed by atoms with Crippen LogP contribution in [0.15, 0.2) is 24.3 Å². The van der Waals surface area contributed by atoms with Gasteiger partial charge in [0.15, 0.2) is 0 Å². The van der Waals surface area contributed by atoms with Crippen LogP contribution in [0, 0.1) is 0 Å². The molecule has 0 aromatic heterocycles. The Bertz CT molecular complexity index is 495. The van der Waals surface area contributed by atoms with E-state index in [2.05, 4.69) is 16.6 Å². The van der Waals surface area contributed by atoms with Crippen molar-refractivity contribution in [1.82, 2.24) is 9.80 Å². The summed E-state index contributed by atoms with van der Waals surface area (Å²) in [7, 11) is 0. The molecule has 1 heterocycles. The molecule has 0 atom stereocenters. The maximum Gasteiger partial charge on any atom is 0.573 e. The molecule has 0 saturated carbocycles. The Morgan fingerprint density at radius 3 is 2.23 bits per heavy atom. The molecule has 1 fully saturated rings. The largest absolute Gasteiger partial charge is 0.573 e. The van der Waals surface area contributed by atoms with Gasteiger partial charge in [0.2, 0.25) is 5.91 Å². The summed E-state index contributed by atoms with van der Waals surface area (Å²) in [6, 6.07) is 5.43. The lowest BCUT2D eigenvalue weighted by Crippen LogP contribution is -2.48. The molecule has 7 heteroatoms. The minimum absolute atomic E-state index is 0.000225. The van der Waals surface area contributed by atoms with E-state index in [0.29, 0.717) is 18.7 Å². The maximum atomic E-state index is 12.2. The van der Waals surface area contributed by atoms with Gasteiger partial charge in [0.05, 0.1) is 6.42 Å². The van der Waals surface area contributed by atoms with Crippen LogP contribution in [0.1, 0.15) is 12.5 Å². The molecular weight excluding hydrogens is 297 g/mol. The van der Waals surface area contributed by atoms with Gasteiger partial charge in [0.1, 0.15) is 5.75 Å². The number of benzene rings is 1. The Morgan fingerprint density at radius 2 is 1.73 bits per heavy atom. The third kappa shape index (κ3) is 4.91. The van der Waals surface area contributed by atoms with E-state index in [-0.39, 0.29) is 18.1 Å². The zero-order valence-corrected chi connectivity index (χ0v) is 12.4. The highest BCUT2D eigenvalue weighted by Crippen LogP contribution is 2.23. The number of alkyl halides is 3. The van der Waals surface area contributed by atoms with Crippen LogP contribution in [0.5, 0.6) is 5.75 Å². The molecule has 0 bridgehead atoms. The molecule has 0 aliphatic carbocycles. The molecule has 1 aromatic rings. The van der Waals surface area contributed by atoms with Crippen LogP contribution < -0.4 is 4.74 Å². The predicted molar refractivity (Wildman–Crippen MR) is 75.5 cm³/mol. The lowest BCUT2D eigenvalue weighted by molar-refractivity contribution is -0.274. The highest BCUT2D eigenvalue weighted by atomic mass is 19.4. The molecule has 0 radical (unpaired) electrons. The van der Waals surface area contributed by atoms with Crippen molar-refractivity contribution < 1.29 is 22.7 Å². The van der Waals surface area contributed by atoms with Gasteiger partial charge in [-0.3, -0.25) is 4.79 Å².